The zero-order chi connectivity index (χ0) is 29.0. The van der Waals surface area contributed by atoms with E-state index in [1.807, 2.05) is 0 Å². The quantitative estimate of drug-likeness (QED) is 0.276. The normalized spacial score (nSPS) is 15.2. The van der Waals surface area contributed by atoms with Gasteiger partial charge in [-0.15, -0.1) is 0 Å². The third-order valence-electron chi connectivity index (χ3n) is 5.98. The van der Waals surface area contributed by atoms with Crippen LogP contribution in [0.25, 0.3) is 5.70 Å². The number of carboxylic acids is 1. The molecule has 1 aliphatic heterocycles. The van der Waals surface area contributed by atoms with Crippen LogP contribution in [0.2, 0.25) is 5.02 Å². The van der Waals surface area contributed by atoms with Crippen molar-refractivity contribution in [3.63, 3.8) is 0 Å². The molecule has 0 radical (unpaired) electrons. The molecule has 1 unspecified atom stereocenters. The molecule has 0 fully saturated rings. The molecule has 0 aromatic heterocycles. The number of hydrogen-bond acceptors (Lipinski definition) is 7. The fourth-order valence-electron chi connectivity index (χ4n) is 3.89. The van der Waals surface area contributed by atoms with Gasteiger partial charge in [0.05, 0.1) is 17.2 Å². The Morgan fingerprint density at radius 2 is 1.66 bits per heavy atom. The molecule has 0 saturated carbocycles. The standard InChI is InChI=1S/C28H23ClF3N3O5.Na/c29-21-13-20-19(27(37)38)11-12-39-23(20)14-24(21)40-18-7-3-16(4-8-18)26(36)35-25(34)10-9-22(33)15-1-5-17(6-2-15)28(30,31)32;/h1-10,13-14,19H,11-12,33-34H2,(H,35,36)(H,37,38);/q;+1/p-1/b22-9-,25-10+;. The van der Waals surface area contributed by atoms with Gasteiger partial charge in [0.2, 0.25) is 0 Å². The molecule has 0 bridgehead atoms. The summed E-state index contributed by atoms with van der Waals surface area (Å²) in [6.45, 7) is 0.214. The predicted octanol–water partition coefficient (Wildman–Crippen LogP) is 1.30. The van der Waals surface area contributed by atoms with Gasteiger partial charge in [-0.05, 0) is 66.6 Å². The first-order valence-electron chi connectivity index (χ1n) is 11.8. The van der Waals surface area contributed by atoms with Crippen LogP contribution in [0.4, 0.5) is 13.2 Å². The molecular formula is C28H22ClF3N3NaO5. The Morgan fingerprint density at radius 3 is 2.27 bits per heavy atom. The Hall–Kier alpha value is -3.64. The topological polar surface area (TPSA) is 140 Å². The number of ether oxygens (including phenoxy) is 2. The van der Waals surface area contributed by atoms with Crippen LogP contribution in [-0.4, -0.2) is 18.5 Å². The Morgan fingerprint density at radius 1 is 1.02 bits per heavy atom. The third kappa shape index (κ3) is 7.98. The number of alkyl halides is 3. The molecule has 1 amide bonds. The van der Waals surface area contributed by atoms with Gasteiger partial charge in [-0.1, -0.05) is 23.7 Å². The number of carboxylic acid groups (broad SMARTS) is 1. The Balaban J connectivity index is 0.00000462. The maximum atomic E-state index is 12.7. The summed E-state index contributed by atoms with van der Waals surface area (Å²) in [6.07, 6.45) is -1.51. The third-order valence-corrected chi connectivity index (χ3v) is 6.27. The molecule has 3 aromatic rings. The molecule has 0 saturated heterocycles. The van der Waals surface area contributed by atoms with Crippen molar-refractivity contribution >= 4 is 29.2 Å². The summed E-state index contributed by atoms with van der Waals surface area (Å²) >= 11 is 6.30. The summed E-state index contributed by atoms with van der Waals surface area (Å²) in [4.78, 5) is 23.9. The summed E-state index contributed by atoms with van der Waals surface area (Å²) < 4.78 is 49.5. The minimum atomic E-state index is -4.45. The number of carbonyl (C=O) groups excluding carboxylic acids is 2. The Kier molecular flexibility index (Phi) is 10.4. The number of nitrogens with two attached hydrogens (primary N) is 2. The average Bonchev–Trinajstić information content (AvgIpc) is 2.91. The first-order valence-corrected chi connectivity index (χ1v) is 12.2. The number of benzene rings is 3. The molecular weight excluding hydrogens is 574 g/mol. The van der Waals surface area contributed by atoms with Crippen molar-refractivity contribution in [3.05, 3.63) is 106 Å². The van der Waals surface area contributed by atoms with Crippen molar-refractivity contribution in [1.82, 2.24) is 5.32 Å². The summed E-state index contributed by atoms with van der Waals surface area (Å²) in [5.74, 6) is -1.69. The van der Waals surface area contributed by atoms with Crippen molar-refractivity contribution < 1.29 is 66.9 Å². The number of fused-ring (bicyclic) bond motifs is 1. The molecule has 1 aliphatic rings. The van der Waals surface area contributed by atoms with Gasteiger partial charge in [-0.2, -0.15) is 13.2 Å². The average molecular weight is 596 g/mol. The van der Waals surface area contributed by atoms with E-state index in [0.717, 1.165) is 12.1 Å². The second kappa shape index (κ2) is 13.3. The van der Waals surface area contributed by atoms with Crippen LogP contribution in [0.5, 0.6) is 17.2 Å². The molecule has 4 rings (SSSR count). The fraction of sp³-hybridized carbons (Fsp3) is 0.143. The second-order valence-corrected chi connectivity index (χ2v) is 9.14. The number of carbonyl (C=O) groups is 2. The molecule has 41 heavy (non-hydrogen) atoms. The van der Waals surface area contributed by atoms with E-state index in [0.29, 0.717) is 22.6 Å². The first kappa shape index (κ1) is 31.9. The molecule has 5 N–H and O–H groups in total. The molecule has 208 valence electrons. The van der Waals surface area contributed by atoms with Crippen LogP contribution in [0.3, 0.4) is 0 Å². The molecule has 13 heteroatoms. The van der Waals surface area contributed by atoms with Crippen LogP contribution in [0.1, 0.15) is 39.4 Å². The number of aliphatic carboxylic acids is 1. The van der Waals surface area contributed by atoms with Gasteiger partial charge in [0.25, 0.3) is 5.91 Å². The van der Waals surface area contributed by atoms with Crippen molar-refractivity contribution in [3.8, 4) is 17.2 Å². The molecule has 8 nitrogen and oxygen atoms in total. The molecule has 0 spiro atoms. The number of hydrogen-bond donors (Lipinski definition) is 3. The second-order valence-electron chi connectivity index (χ2n) is 8.73. The Bertz CT molecular complexity index is 1490. The zero-order valence-corrected chi connectivity index (χ0v) is 24.4. The van der Waals surface area contributed by atoms with Crippen molar-refractivity contribution in [1.29, 1.82) is 0 Å². The van der Waals surface area contributed by atoms with E-state index in [9.17, 15) is 27.9 Å². The van der Waals surface area contributed by atoms with Gasteiger partial charge < -0.3 is 36.2 Å². The van der Waals surface area contributed by atoms with Crippen molar-refractivity contribution in [2.75, 3.05) is 6.61 Å². The van der Waals surface area contributed by atoms with E-state index in [2.05, 4.69) is 5.32 Å². The monoisotopic (exact) mass is 595 g/mol. The van der Waals surface area contributed by atoms with Gasteiger partial charge in [0.1, 0.15) is 23.1 Å². The summed E-state index contributed by atoms with van der Waals surface area (Å²) in [5.41, 5.74) is 12.1. The van der Waals surface area contributed by atoms with E-state index >= 15 is 0 Å². The van der Waals surface area contributed by atoms with Gasteiger partial charge >= 0.3 is 35.7 Å². The van der Waals surface area contributed by atoms with Gasteiger partial charge in [0.15, 0.2) is 0 Å². The maximum absolute atomic E-state index is 12.7. The largest absolute Gasteiger partial charge is 1.00 e. The number of nitrogens with one attached hydrogen (secondary N) is 1. The number of amides is 1. The minimum Gasteiger partial charge on any atom is -0.549 e. The van der Waals surface area contributed by atoms with Gasteiger partial charge in [-0.25, -0.2) is 0 Å². The van der Waals surface area contributed by atoms with Crippen LogP contribution in [0.15, 0.2) is 78.6 Å². The summed E-state index contributed by atoms with van der Waals surface area (Å²) in [5, 5.41) is 14.1. The van der Waals surface area contributed by atoms with Gasteiger partial charge in [0, 0.05) is 34.8 Å². The number of allylic oxidation sites excluding steroid dienone is 2. The molecule has 1 atom stereocenters. The molecule has 0 aliphatic carbocycles. The zero-order valence-electron chi connectivity index (χ0n) is 21.6. The summed E-state index contributed by atoms with van der Waals surface area (Å²) in [6, 6.07) is 13.3. The SMILES string of the molecule is N/C(=C\C=C(/N)NC(=O)c1ccc(Oc2cc3c(cc2Cl)C(C(=O)[O-])CCO3)cc1)c1ccc(C(F)(F)F)cc1.[Na+]. The van der Waals surface area contributed by atoms with E-state index in [4.69, 9.17) is 32.5 Å². The van der Waals surface area contributed by atoms with E-state index < -0.39 is 29.5 Å². The summed E-state index contributed by atoms with van der Waals surface area (Å²) in [7, 11) is 0. The van der Waals surface area contributed by atoms with Crippen LogP contribution in [-0.2, 0) is 11.0 Å². The smallest absolute Gasteiger partial charge is 0.549 e. The number of rotatable bonds is 7. The first-order chi connectivity index (χ1) is 18.9. The Labute approximate surface area is 260 Å². The molecule has 1 heterocycles. The fourth-order valence-corrected chi connectivity index (χ4v) is 4.10. The van der Waals surface area contributed by atoms with E-state index in [1.54, 1.807) is 0 Å². The van der Waals surface area contributed by atoms with Crippen molar-refractivity contribution in [2.24, 2.45) is 11.5 Å². The van der Waals surface area contributed by atoms with Crippen molar-refractivity contribution in [2.45, 2.75) is 18.5 Å². The van der Waals surface area contributed by atoms with Crippen LogP contribution >= 0.6 is 11.6 Å². The maximum Gasteiger partial charge on any atom is 1.00 e. The van der Waals surface area contributed by atoms with E-state index in [1.165, 1.54) is 60.7 Å². The van der Waals surface area contributed by atoms with Gasteiger partial charge in [-0.3, -0.25) is 4.79 Å². The van der Waals surface area contributed by atoms with Crippen LogP contribution in [0, 0.1) is 0 Å². The molecule has 3 aromatic carbocycles. The minimum absolute atomic E-state index is 0. The van der Waals surface area contributed by atoms with Crippen LogP contribution < -0.4 is 60.9 Å². The number of halogens is 4. The van der Waals surface area contributed by atoms with E-state index in [-0.39, 0.29) is 70.4 Å². The predicted molar refractivity (Wildman–Crippen MR) is 139 cm³/mol.